The minimum atomic E-state index is -4.25. The van der Waals surface area contributed by atoms with E-state index in [1.165, 1.54) is 6.07 Å². The molecule has 0 aliphatic carbocycles. The lowest BCUT2D eigenvalue weighted by molar-refractivity contribution is -0.105. The summed E-state index contributed by atoms with van der Waals surface area (Å²) in [6.45, 7) is 4.22. The predicted molar refractivity (Wildman–Crippen MR) is 105 cm³/mol. The smallest absolute Gasteiger partial charge is 0.398 e. The molecule has 2 aromatic carbocycles. The maximum absolute atomic E-state index is 14.5. The quantitative estimate of drug-likeness (QED) is 0.498. The van der Waals surface area contributed by atoms with Crippen LogP contribution in [0, 0.1) is 12.7 Å². The van der Waals surface area contributed by atoms with Crippen LogP contribution in [0.25, 0.3) is 0 Å². The highest BCUT2D eigenvalue weighted by molar-refractivity contribution is 7.99. The fourth-order valence-electron chi connectivity index (χ4n) is 3.20. The highest BCUT2D eigenvalue weighted by Gasteiger charge is 2.28. The van der Waals surface area contributed by atoms with E-state index < -0.39 is 17.7 Å². The summed E-state index contributed by atoms with van der Waals surface area (Å²) < 4.78 is 57.3. The van der Waals surface area contributed by atoms with Crippen molar-refractivity contribution in [2.75, 3.05) is 48.8 Å². The van der Waals surface area contributed by atoms with Crippen molar-refractivity contribution in [3.63, 3.8) is 0 Å². The number of thioether (sulfide) groups is 1. The van der Waals surface area contributed by atoms with Crippen molar-refractivity contribution in [3.8, 4) is 5.75 Å². The minimum Gasteiger partial charge on any atom is -0.497 e. The lowest BCUT2D eigenvalue weighted by Crippen LogP contribution is -2.46. The molecule has 1 aliphatic rings. The van der Waals surface area contributed by atoms with E-state index in [9.17, 15) is 17.6 Å². The van der Waals surface area contributed by atoms with Crippen molar-refractivity contribution in [2.45, 2.75) is 18.0 Å². The molecule has 2 aromatic rings. The maximum atomic E-state index is 14.5. The first-order valence-electron chi connectivity index (χ1n) is 8.90. The van der Waals surface area contributed by atoms with E-state index in [0.717, 1.165) is 11.4 Å². The van der Waals surface area contributed by atoms with Gasteiger partial charge in [-0.3, -0.25) is 0 Å². The molecule has 0 radical (unpaired) electrons. The van der Waals surface area contributed by atoms with E-state index in [1.54, 1.807) is 20.1 Å². The Morgan fingerprint density at radius 3 is 2.18 bits per heavy atom. The Kier molecular flexibility index (Phi) is 6.27. The normalized spacial score (nSPS) is 15.1. The number of halogens is 4. The average molecular weight is 414 g/mol. The van der Waals surface area contributed by atoms with Gasteiger partial charge < -0.3 is 14.5 Å². The molecular weight excluding hydrogens is 392 g/mol. The monoisotopic (exact) mass is 414 g/mol. The number of anilines is 2. The lowest BCUT2D eigenvalue weighted by atomic mass is 10.1. The molecule has 1 aliphatic heterocycles. The van der Waals surface area contributed by atoms with Gasteiger partial charge in [-0.1, -0.05) is 0 Å². The number of nitrogens with zero attached hydrogens (tertiary/aromatic N) is 2. The Morgan fingerprint density at radius 1 is 1.00 bits per heavy atom. The molecule has 1 fully saturated rings. The van der Waals surface area contributed by atoms with Gasteiger partial charge in [0.2, 0.25) is 0 Å². The van der Waals surface area contributed by atoms with Gasteiger partial charge in [-0.15, -0.1) is 11.8 Å². The fourth-order valence-corrected chi connectivity index (χ4v) is 4.00. The molecule has 1 heterocycles. The highest BCUT2D eigenvalue weighted by Crippen LogP contribution is 2.34. The predicted octanol–water partition coefficient (Wildman–Crippen LogP) is 5.12. The van der Waals surface area contributed by atoms with E-state index >= 15 is 0 Å². The van der Waals surface area contributed by atoms with Crippen molar-refractivity contribution in [3.05, 3.63) is 47.8 Å². The molecular formula is C20H22F4N2OS. The first kappa shape index (κ1) is 20.6. The highest BCUT2D eigenvalue weighted by atomic mass is 32.2. The Labute approximate surface area is 166 Å². The van der Waals surface area contributed by atoms with Crippen molar-refractivity contribution in [1.82, 2.24) is 0 Å². The topological polar surface area (TPSA) is 15.7 Å². The summed E-state index contributed by atoms with van der Waals surface area (Å²) in [5.74, 6) is -0.593. The third kappa shape index (κ3) is 5.04. The largest absolute Gasteiger partial charge is 0.497 e. The number of alkyl halides is 3. The molecule has 0 atom stereocenters. The standard InChI is InChI=1S/C20H22F4N2OS/c1-14-11-17(21)18(12-19(14)28-13-20(22,23)24)26-9-7-25(8-10-26)15-3-5-16(27-2)6-4-15/h3-6,11-12H,7-10,13H2,1-2H3. The zero-order valence-corrected chi connectivity index (χ0v) is 16.5. The van der Waals surface area contributed by atoms with Crippen molar-refractivity contribution in [1.29, 1.82) is 0 Å². The summed E-state index contributed by atoms with van der Waals surface area (Å²) in [7, 11) is 1.62. The van der Waals surface area contributed by atoms with E-state index in [4.69, 9.17) is 4.74 Å². The average Bonchev–Trinajstić information content (AvgIpc) is 2.67. The van der Waals surface area contributed by atoms with E-state index in [1.807, 2.05) is 29.2 Å². The fraction of sp³-hybridized carbons (Fsp3) is 0.400. The second-order valence-corrected chi connectivity index (χ2v) is 7.66. The van der Waals surface area contributed by atoms with Crippen LogP contribution < -0.4 is 14.5 Å². The van der Waals surface area contributed by atoms with Crippen molar-refractivity contribution < 1.29 is 22.3 Å². The summed E-state index contributed by atoms with van der Waals surface area (Å²) in [4.78, 5) is 4.56. The van der Waals surface area contributed by atoms with Crippen LogP contribution in [-0.2, 0) is 0 Å². The molecule has 0 spiro atoms. The zero-order chi connectivity index (χ0) is 20.3. The Bertz CT molecular complexity index is 803. The summed E-state index contributed by atoms with van der Waals surface area (Å²) in [6, 6.07) is 10.6. The molecule has 1 saturated heterocycles. The van der Waals surface area contributed by atoms with Gasteiger partial charge in [-0.05, 0) is 48.9 Å². The first-order valence-corrected chi connectivity index (χ1v) is 9.89. The van der Waals surface area contributed by atoms with Gasteiger partial charge >= 0.3 is 6.18 Å². The number of aryl methyl sites for hydroxylation is 1. The number of benzene rings is 2. The first-order chi connectivity index (χ1) is 13.3. The molecule has 0 N–H and O–H groups in total. The number of ether oxygens (including phenoxy) is 1. The third-order valence-electron chi connectivity index (χ3n) is 4.69. The molecule has 28 heavy (non-hydrogen) atoms. The van der Waals surface area contributed by atoms with Crippen LogP contribution >= 0.6 is 11.8 Å². The summed E-state index contributed by atoms with van der Waals surface area (Å²) in [5, 5.41) is 0. The number of methoxy groups -OCH3 is 1. The third-order valence-corrected chi connectivity index (χ3v) is 5.92. The van der Waals surface area contributed by atoms with E-state index in [0.29, 0.717) is 54.1 Å². The molecule has 152 valence electrons. The molecule has 0 unspecified atom stereocenters. The van der Waals surface area contributed by atoms with Crippen LogP contribution in [-0.4, -0.2) is 45.2 Å². The van der Waals surface area contributed by atoms with Gasteiger partial charge in [0, 0.05) is 36.8 Å². The second kappa shape index (κ2) is 8.51. The second-order valence-electron chi connectivity index (χ2n) is 6.65. The van der Waals surface area contributed by atoms with Crippen molar-refractivity contribution >= 4 is 23.1 Å². The van der Waals surface area contributed by atoms with Crippen LogP contribution in [0.15, 0.2) is 41.3 Å². The number of piperazine rings is 1. The summed E-state index contributed by atoms with van der Waals surface area (Å²) in [5.41, 5.74) is 1.95. The molecule has 0 bridgehead atoms. The number of hydrogen-bond donors (Lipinski definition) is 0. The van der Waals surface area contributed by atoms with E-state index in [-0.39, 0.29) is 0 Å². The van der Waals surface area contributed by atoms with Gasteiger partial charge in [0.25, 0.3) is 0 Å². The van der Waals surface area contributed by atoms with Crippen LogP contribution in [0.5, 0.6) is 5.75 Å². The van der Waals surface area contributed by atoms with Crippen molar-refractivity contribution in [2.24, 2.45) is 0 Å². The van der Waals surface area contributed by atoms with Crippen LogP contribution in [0.4, 0.5) is 28.9 Å². The van der Waals surface area contributed by atoms with Gasteiger partial charge in [0.05, 0.1) is 18.6 Å². The molecule has 0 saturated carbocycles. The van der Waals surface area contributed by atoms with Gasteiger partial charge in [0.1, 0.15) is 11.6 Å². The lowest BCUT2D eigenvalue weighted by Gasteiger charge is -2.37. The molecule has 0 aromatic heterocycles. The summed E-state index contributed by atoms with van der Waals surface area (Å²) >= 11 is 0.701. The number of rotatable bonds is 5. The van der Waals surface area contributed by atoms with Gasteiger partial charge in [-0.2, -0.15) is 13.2 Å². The van der Waals surface area contributed by atoms with Crippen LogP contribution in [0.2, 0.25) is 0 Å². The summed E-state index contributed by atoms with van der Waals surface area (Å²) in [6.07, 6.45) is -4.25. The zero-order valence-electron chi connectivity index (χ0n) is 15.7. The van der Waals surface area contributed by atoms with Gasteiger partial charge in [0.15, 0.2) is 0 Å². The molecule has 3 rings (SSSR count). The minimum absolute atomic E-state index is 0.365. The molecule has 3 nitrogen and oxygen atoms in total. The van der Waals surface area contributed by atoms with Crippen LogP contribution in [0.3, 0.4) is 0 Å². The SMILES string of the molecule is COc1ccc(N2CCN(c3cc(SCC(F)(F)F)c(C)cc3F)CC2)cc1. The van der Waals surface area contributed by atoms with Crippen LogP contribution in [0.1, 0.15) is 5.56 Å². The Balaban J connectivity index is 1.69. The maximum Gasteiger partial charge on any atom is 0.398 e. The Morgan fingerprint density at radius 2 is 1.61 bits per heavy atom. The van der Waals surface area contributed by atoms with Gasteiger partial charge in [-0.25, -0.2) is 4.39 Å². The Hall–Kier alpha value is -2.09. The number of hydrogen-bond acceptors (Lipinski definition) is 4. The molecule has 0 amide bonds. The molecule has 8 heteroatoms. The van der Waals surface area contributed by atoms with E-state index in [2.05, 4.69) is 4.90 Å².